The Balaban J connectivity index is 3.03. The van der Waals surface area contributed by atoms with Crippen molar-refractivity contribution in [3.05, 3.63) is 28.8 Å². The predicted molar refractivity (Wildman–Crippen MR) is 85.7 cm³/mol. The summed E-state index contributed by atoms with van der Waals surface area (Å²) >= 11 is 0. The van der Waals surface area contributed by atoms with Crippen molar-refractivity contribution in [2.45, 2.75) is 65.0 Å². The van der Waals surface area contributed by atoms with Crippen molar-refractivity contribution in [1.29, 1.82) is 0 Å². The number of aryl methyl sites for hydroxylation is 2. The van der Waals surface area contributed by atoms with Crippen molar-refractivity contribution in [3.8, 4) is 0 Å². The van der Waals surface area contributed by atoms with Crippen LogP contribution in [0.5, 0.6) is 0 Å². The average molecular weight is 313 g/mol. The summed E-state index contributed by atoms with van der Waals surface area (Å²) in [5.74, 6) is 0.481. The van der Waals surface area contributed by atoms with Crippen LogP contribution in [0.2, 0.25) is 0 Å². The third-order valence-electron chi connectivity index (χ3n) is 3.90. The Morgan fingerprint density at radius 1 is 1.19 bits per heavy atom. The second kappa shape index (κ2) is 7.38. The summed E-state index contributed by atoms with van der Waals surface area (Å²) in [5, 5.41) is 9.32. The highest BCUT2D eigenvalue weighted by atomic mass is 32.2. The first kappa shape index (κ1) is 18.1. The van der Waals surface area contributed by atoms with E-state index in [9.17, 15) is 13.5 Å². The smallest absolute Gasteiger partial charge is 0.241 e. The monoisotopic (exact) mass is 313 g/mol. The minimum Gasteiger partial charge on any atom is -0.392 e. The molecular formula is C16H27NO3S. The highest BCUT2D eigenvalue weighted by Crippen LogP contribution is 2.21. The standard InChI is InChI=1S/C16H27NO3S/c1-6-11(2)7-14(5)17-21(19,20)16-9-15(10-18)12(3)8-13(16)4/h8-9,11,14,17-18H,6-7,10H2,1-5H3. The Bertz CT molecular complexity index is 581. The molecule has 0 aromatic heterocycles. The maximum Gasteiger partial charge on any atom is 0.241 e. The maximum atomic E-state index is 12.5. The van der Waals surface area contributed by atoms with Gasteiger partial charge in [0.25, 0.3) is 0 Å². The summed E-state index contributed by atoms with van der Waals surface area (Å²) in [6.45, 7) is 9.60. The van der Waals surface area contributed by atoms with Crippen molar-refractivity contribution >= 4 is 10.0 Å². The van der Waals surface area contributed by atoms with Crippen LogP contribution in [0.4, 0.5) is 0 Å². The lowest BCUT2D eigenvalue weighted by Crippen LogP contribution is -2.34. The second-order valence-corrected chi connectivity index (χ2v) is 7.66. The van der Waals surface area contributed by atoms with Crippen molar-refractivity contribution in [2.24, 2.45) is 5.92 Å². The number of hydrogen-bond donors (Lipinski definition) is 2. The fourth-order valence-corrected chi connectivity index (χ4v) is 4.01. The number of aliphatic hydroxyl groups is 1. The molecule has 4 nitrogen and oxygen atoms in total. The van der Waals surface area contributed by atoms with Gasteiger partial charge in [-0.2, -0.15) is 0 Å². The van der Waals surface area contributed by atoms with E-state index < -0.39 is 10.0 Å². The Kier molecular flexibility index (Phi) is 6.38. The van der Waals surface area contributed by atoms with Gasteiger partial charge in [-0.15, -0.1) is 0 Å². The van der Waals surface area contributed by atoms with Crippen LogP contribution in [0.25, 0.3) is 0 Å². The van der Waals surface area contributed by atoms with E-state index in [0.717, 1.165) is 18.4 Å². The van der Waals surface area contributed by atoms with Gasteiger partial charge >= 0.3 is 0 Å². The molecule has 0 heterocycles. The molecule has 0 amide bonds. The van der Waals surface area contributed by atoms with Gasteiger partial charge in [0.2, 0.25) is 10.0 Å². The molecule has 0 radical (unpaired) electrons. The first-order valence-electron chi connectivity index (χ1n) is 7.44. The molecule has 5 heteroatoms. The van der Waals surface area contributed by atoms with Crippen molar-refractivity contribution in [2.75, 3.05) is 0 Å². The lowest BCUT2D eigenvalue weighted by atomic mass is 10.0. The van der Waals surface area contributed by atoms with Crippen molar-refractivity contribution in [3.63, 3.8) is 0 Å². The molecule has 0 spiro atoms. The summed E-state index contributed by atoms with van der Waals surface area (Å²) in [6, 6.07) is 3.27. The molecule has 0 bridgehead atoms. The molecule has 21 heavy (non-hydrogen) atoms. The molecule has 120 valence electrons. The zero-order valence-corrected chi connectivity index (χ0v) is 14.4. The van der Waals surface area contributed by atoms with Gasteiger partial charge in [-0.05, 0) is 55.9 Å². The Hall–Kier alpha value is -0.910. The van der Waals surface area contributed by atoms with Gasteiger partial charge in [0.15, 0.2) is 0 Å². The largest absolute Gasteiger partial charge is 0.392 e. The van der Waals surface area contributed by atoms with E-state index in [1.165, 1.54) is 0 Å². The number of sulfonamides is 1. The second-order valence-electron chi connectivity index (χ2n) is 5.97. The molecule has 0 fully saturated rings. The Labute approximate surface area is 128 Å². The van der Waals surface area contributed by atoms with Crippen molar-refractivity contribution in [1.82, 2.24) is 4.72 Å². The number of aliphatic hydroxyl groups excluding tert-OH is 1. The van der Waals surface area contributed by atoms with Crippen LogP contribution in [-0.2, 0) is 16.6 Å². The molecule has 1 rings (SSSR count). The third kappa shape index (κ3) is 4.80. The fraction of sp³-hybridized carbons (Fsp3) is 0.625. The number of rotatable bonds is 7. The first-order chi connectivity index (χ1) is 9.71. The SMILES string of the molecule is CCC(C)CC(C)NS(=O)(=O)c1cc(CO)c(C)cc1C. The molecule has 1 aromatic rings. The van der Waals surface area contributed by atoms with Gasteiger partial charge in [-0.1, -0.05) is 26.3 Å². The van der Waals surface area contributed by atoms with Gasteiger partial charge in [0.05, 0.1) is 11.5 Å². The van der Waals surface area contributed by atoms with E-state index in [1.807, 2.05) is 13.8 Å². The summed E-state index contributed by atoms with van der Waals surface area (Å²) in [7, 11) is -3.55. The fourth-order valence-electron chi connectivity index (χ4n) is 2.48. The Morgan fingerprint density at radius 2 is 1.81 bits per heavy atom. The molecule has 2 N–H and O–H groups in total. The maximum absolute atomic E-state index is 12.5. The van der Waals surface area contributed by atoms with Crippen LogP contribution >= 0.6 is 0 Å². The Morgan fingerprint density at radius 3 is 2.33 bits per heavy atom. The zero-order chi connectivity index (χ0) is 16.2. The van der Waals surface area contributed by atoms with Gasteiger partial charge in [0.1, 0.15) is 0 Å². The minimum atomic E-state index is -3.55. The van der Waals surface area contributed by atoms with Crippen LogP contribution in [0.15, 0.2) is 17.0 Å². The van der Waals surface area contributed by atoms with Crippen molar-refractivity contribution < 1.29 is 13.5 Å². The van der Waals surface area contributed by atoms with Crippen LogP contribution in [0, 0.1) is 19.8 Å². The quantitative estimate of drug-likeness (QED) is 0.813. The van der Waals surface area contributed by atoms with Crippen LogP contribution in [0.1, 0.15) is 50.3 Å². The van der Waals surface area contributed by atoms with E-state index in [2.05, 4.69) is 18.6 Å². The van der Waals surface area contributed by atoms with E-state index in [-0.39, 0.29) is 17.5 Å². The number of benzene rings is 1. The highest BCUT2D eigenvalue weighted by Gasteiger charge is 2.21. The van der Waals surface area contributed by atoms with E-state index in [4.69, 9.17) is 0 Å². The average Bonchev–Trinajstić information content (AvgIpc) is 2.37. The zero-order valence-electron chi connectivity index (χ0n) is 13.6. The summed E-state index contributed by atoms with van der Waals surface area (Å²) < 4.78 is 27.8. The molecule has 0 saturated heterocycles. The molecule has 0 aliphatic heterocycles. The molecule has 0 aliphatic carbocycles. The topological polar surface area (TPSA) is 66.4 Å². The van der Waals surface area contributed by atoms with Crippen LogP contribution < -0.4 is 4.72 Å². The summed E-state index contributed by atoms with van der Waals surface area (Å²) in [5.41, 5.74) is 2.25. The van der Waals surface area contributed by atoms with E-state index >= 15 is 0 Å². The first-order valence-corrected chi connectivity index (χ1v) is 8.92. The van der Waals surface area contributed by atoms with E-state index in [0.29, 0.717) is 17.0 Å². The lowest BCUT2D eigenvalue weighted by molar-refractivity contribution is 0.280. The van der Waals surface area contributed by atoms with Gasteiger partial charge < -0.3 is 5.11 Å². The predicted octanol–water partition coefficient (Wildman–Crippen LogP) is 2.90. The number of nitrogens with one attached hydrogen (secondary N) is 1. The van der Waals surface area contributed by atoms with Gasteiger partial charge in [0, 0.05) is 6.04 Å². The van der Waals surface area contributed by atoms with Gasteiger partial charge in [-0.25, -0.2) is 13.1 Å². The molecule has 0 saturated carbocycles. The molecule has 0 aliphatic rings. The molecule has 1 aromatic carbocycles. The lowest BCUT2D eigenvalue weighted by Gasteiger charge is -2.19. The molecular weight excluding hydrogens is 286 g/mol. The highest BCUT2D eigenvalue weighted by molar-refractivity contribution is 7.89. The normalized spacial score (nSPS) is 15.0. The van der Waals surface area contributed by atoms with Gasteiger partial charge in [-0.3, -0.25) is 0 Å². The summed E-state index contributed by atoms with van der Waals surface area (Å²) in [6.07, 6.45) is 1.85. The van der Waals surface area contributed by atoms with Crippen LogP contribution in [0.3, 0.4) is 0 Å². The molecule has 2 atom stereocenters. The van der Waals surface area contributed by atoms with E-state index in [1.54, 1.807) is 19.1 Å². The molecule has 2 unspecified atom stereocenters. The van der Waals surface area contributed by atoms with Crippen LogP contribution in [-0.4, -0.2) is 19.6 Å². The minimum absolute atomic E-state index is 0.108. The third-order valence-corrected chi connectivity index (χ3v) is 5.63. The summed E-state index contributed by atoms with van der Waals surface area (Å²) in [4.78, 5) is 0.258. The number of hydrogen-bond acceptors (Lipinski definition) is 3.